The number of sulfonamides is 1. The van der Waals surface area contributed by atoms with Gasteiger partial charge >= 0.3 is 0 Å². The first-order chi connectivity index (χ1) is 13.4. The van der Waals surface area contributed by atoms with Gasteiger partial charge in [0.05, 0.1) is 10.4 Å². The molecule has 160 valence electrons. The van der Waals surface area contributed by atoms with E-state index in [9.17, 15) is 13.2 Å². The predicted octanol–water partition coefficient (Wildman–Crippen LogP) is 5.22. The first-order valence-corrected chi connectivity index (χ1v) is 12.5. The maximum Gasteiger partial charge on any atom is 0.244 e. The van der Waals surface area contributed by atoms with E-state index >= 15 is 0 Å². The van der Waals surface area contributed by atoms with Crippen LogP contribution in [0.1, 0.15) is 64.4 Å². The van der Waals surface area contributed by atoms with Crippen molar-refractivity contribution in [2.75, 3.05) is 7.05 Å². The molecule has 4 aliphatic rings. The van der Waals surface area contributed by atoms with Crippen LogP contribution in [0.5, 0.6) is 0 Å². The van der Waals surface area contributed by atoms with Gasteiger partial charge in [0.2, 0.25) is 10.0 Å². The summed E-state index contributed by atoms with van der Waals surface area (Å²) < 4.78 is 27.9. The smallest absolute Gasteiger partial charge is 0.244 e. The number of benzene rings is 1. The highest BCUT2D eigenvalue weighted by Gasteiger charge is 2.53. The quantitative estimate of drug-likeness (QED) is 0.612. The predicted molar refractivity (Wildman–Crippen MR) is 115 cm³/mol. The second kappa shape index (κ2) is 7.06. The van der Waals surface area contributed by atoms with Crippen molar-refractivity contribution in [1.29, 1.82) is 0 Å². The number of hydrogen-bond donors (Lipinski definition) is 0. The van der Waals surface area contributed by atoms with Crippen molar-refractivity contribution in [1.82, 2.24) is 4.31 Å². The van der Waals surface area contributed by atoms with Gasteiger partial charge < -0.3 is 0 Å². The van der Waals surface area contributed by atoms with Crippen LogP contribution in [0.4, 0.5) is 0 Å². The summed E-state index contributed by atoms with van der Waals surface area (Å²) in [5.41, 5.74) is -0.485. The highest BCUT2D eigenvalue weighted by Crippen LogP contribution is 2.61. The van der Waals surface area contributed by atoms with Crippen LogP contribution in [0, 0.1) is 30.1 Å². The van der Waals surface area contributed by atoms with Gasteiger partial charge in [-0.1, -0.05) is 17.7 Å². The van der Waals surface area contributed by atoms with E-state index in [1.165, 1.54) is 30.6 Å². The van der Waals surface area contributed by atoms with E-state index in [1.807, 2.05) is 0 Å². The molecule has 0 N–H and O–H groups in total. The lowest BCUT2D eigenvalue weighted by atomic mass is 9.48. The van der Waals surface area contributed by atoms with Crippen molar-refractivity contribution >= 4 is 27.4 Å². The van der Waals surface area contributed by atoms with Gasteiger partial charge in [0.15, 0.2) is 5.78 Å². The summed E-state index contributed by atoms with van der Waals surface area (Å²) in [7, 11) is -2.31. The molecule has 29 heavy (non-hydrogen) atoms. The second-order valence-electron chi connectivity index (χ2n) is 10.4. The van der Waals surface area contributed by atoms with Gasteiger partial charge in [0.25, 0.3) is 0 Å². The molecular weight excluding hydrogens is 406 g/mol. The average Bonchev–Trinajstić information content (AvgIpc) is 2.61. The maximum absolute atomic E-state index is 13.5. The van der Waals surface area contributed by atoms with Crippen LogP contribution >= 0.6 is 11.6 Å². The van der Waals surface area contributed by atoms with E-state index in [1.54, 1.807) is 39.0 Å². The molecule has 4 bridgehead atoms. The number of hydrogen-bond acceptors (Lipinski definition) is 3. The summed E-state index contributed by atoms with van der Waals surface area (Å²) in [5, 5.41) is 0.414. The van der Waals surface area contributed by atoms with Gasteiger partial charge in [-0.2, -0.15) is 4.31 Å². The number of nitrogens with zero attached hydrogens (tertiary/aromatic N) is 1. The zero-order valence-corrected chi connectivity index (χ0v) is 19.4. The minimum atomic E-state index is -3.83. The first kappa shape index (κ1) is 21.3. The summed E-state index contributed by atoms with van der Waals surface area (Å²) in [6.07, 6.45) is 7.93. The van der Waals surface area contributed by atoms with Gasteiger partial charge in [-0.25, -0.2) is 8.42 Å². The first-order valence-electron chi connectivity index (χ1n) is 10.7. The zero-order valence-electron chi connectivity index (χ0n) is 17.9. The van der Waals surface area contributed by atoms with Crippen LogP contribution in [0.2, 0.25) is 5.02 Å². The molecule has 4 fully saturated rings. The van der Waals surface area contributed by atoms with E-state index < -0.39 is 15.6 Å². The summed E-state index contributed by atoms with van der Waals surface area (Å²) >= 11 is 6.16. The monoisotopic (exact) mass is 437 g/mol. The van der Waals surface area contributed by atoms with Gasteiger partial charge in [-0.3, -0.25) is 4.79 Å². The molecule has 0 spiro atoms. The van der Waals surface area contributed by atoms with E-state index in [2.05, 4.69) is 0 Å². The Kier molecular flexibility index (Phi) is 5.20. The lowest BCUT2D eigenvalue weighted by Gasteiger charge is -2.57. The van der Waals surface area contributed by atoms with Gasteiger partial charge in [0, 0.05) is 18.5 Å². The maximum atomic E-state index is 13.5. The molecule has 4 saturated carbocycles. The Labute approximate surface area is 180 Å². The fourth-order valence-corrected chi connectivity index (χ4v) is 8.53. The molecule has 4 nitrogen and oxygen atoms in total. The van der Waals surface area contributed by atoms with Gasteiger partial charge in [-0.05, 0) is 100 Å². The molecule has 4 aliphatic carbocycles. The molecule has 0 atom stereocenters. The lowest BCUT2D eigenvalue weighted by molar-refractivity contribution is -0.134. The topological polar surface area (TPSA) is 54.5 Å². The molecule has 1 aromatic rings. The van der Waals surface area contributed by atoms with Crippen molar-refractivity contribution in [2.45, 2.75) is 76.2 Å². The fourth-order valence-electron chi connectivity index (χ4n) is 6.55. The molecule has 0 radical (unpaired) electrons. The molecule has 0 unspecified atom stereocenters. The molecule has 0 aromatic heterocycles. The van der Waals surface area contributed by atoms with E-state index in [4.69, 9.17) is 11.6 Å². The summed E-state index contributed by atoms with van der Waals surface area (Å²) in [5.74, 6) is 2.35. The Hall–Kier alpha value is -0.910. The largest absolute Gasteiger partial charge is 0.298 e. The summed E-state index contributed by atoms with van der Waals surface area (Å²) in [4.78, 5) is 13.7. The molecule has 0 heterocycles. The van der Waals surface area contributed by atoms with Crippen molar-refractivity contribution in [3.05, 3.63) is 28.8 Å². The number of carbonyl (C=O) groups excluding carboxylic acids is 1. The SMILES string of the molecule is Cc1c(Cl)cccc1S(=O)(=O)N(C)C(C)(C)C(=O)CC12CC3CC(CC(C3)C1)C2. The Balaban J connectivity index is 1.57. The molecule has 6 heteroatoms. The van der Waals surface area contributed by atoms with E-state index in [0.29, 0.717) is 17.0 Å². The number of halogens is 1. The number of rotatable bonds is 6. The standard InChI is InChI=1S/C23H32ClNO3S/c1-15-19(24)6-5-7-20(15)29(27,28)25(4)22(2,3)21(26)14-23-11-16-8-17(12-23)10-18(9-16)13-23/h5-7,16-18H,8-14H2,1-4H3. The van der Waals surface area contributed by atoms with Crippen LogP contribution in [-0.2, 0) is 14.8 Å². The fraction of sp³-hybridized carbons (Fsp3) is 0.696. The molecule has 0 amide bonds. The highest BCUT2D eigenvalue weighted by molar-refractivity contribution is 7.89. The molecule has 0 saturated heterocycles. The third kappa shape index (κ3) is 3.57. The van der Waals surface area contributed by atoms with Crippen molar-refractivity contribution in [3.8, 4) is 0 Å². The lowest BCUT2D eigenvalue weighted by Crippen LogP contribution is -2.54. The Morgan fingerprint density at radius 1 is 1.14 bits per heavy atom. The summed E-state index contributed by atoms with van der Waals surface area (Å²) in [6.45, 7) is 5.19. The highest BCUT2D eigenvalue weighted by atomic mass is 35.5. The van der Waals surface area contributed by atoms with Gasteiger partial charge in [0.1, 0.15) is 0 Å². The van der Waals surface area contributed by atoms with Crippen LogP contribution < -0.4 is 0 Å². The van der Waals surface area contributed by atoms with E-state index in [0.717, 1.165) is 37.0 Å². The minimum Gasteiger partial charge on any atom is -0.298 e. The second-order valence-corrected chi connectivity index (χ2v) is 12.8. The van der Waals surface area contributed by atoms with Gasteiger partial charge in [-0.15, -0.1) is 0 Å². The number of Topliss-reactive ketones (excluding diaryl/α,β-unsaturated/α-hetero) is 1. The summed E-state index contributed by atoms with van der Waals surface area (Å²) in [6, 6.07) is 4.88. The number of likely N-dealkylation sites (N-methyl/N-ethyl adjacent to an activating group) is 1. The Morgan fingerprint density at radius 3 is 2.17 bits per heavy atom. The minimum absolute atomic E-state index is 0.0326. The average molecular weight is 438 g/mol. The van der Waals surface area contributed by atoms with Crippen molar-refractivity contribution < 1.29 is 13.2 Å². The van der Waals surface area contributed by atoms with Crippen LogP contribution in [0.25, 0.3) is 0 Å². The molecule has 5 rings (SSSR count). The zero-order chi connectivity index (χ0) is 21.2. The third-order valence-electron chi connectivity index (χ3n) is 8.03. The van der Waals surface area contributed by atoms with E-state index in [-0.39, 0.29) is 16.1 Å². The number of ketones is 1. The van der Waals surface area contributed by atoms with Crippen LogP contribution in [0.15, 0.2) is 23.1 Å². The molecule has 0 aliphatic heterocycles. The Morgan fingerprint density at radius 2 is 1.66 bits per heavy atom. The molecular formula is C23H32ClNO3S. The third-order valence-corrected chi connectivity index (χ3v) is 10.6. The van der Waals surface area contributed by atoms with Crippen molar-refractivity contribution in [3.63, 3.8) is 0 Å². The number of carbonyl (C=O) groups is 1. The normalized spacial score (nSPS) is 31.4. The Bertz CT molecular complexity index is 902. The van der Waals surface area contributed by atoms with Crippen LogP contribution in [0.3, 0.4) is 0 Å². The van der Waals surface area contributed by atoms with Crippen molar-refractivity contribution in [2.24, 2.45) is 23.2 Å². The molecule has 1 aromatic carbocycles. The van der Waals surface area contributed by atoms with Crippen LogP contribution in [-0.4, -0.2) is 31.1 Å².